The van der Waals surface area contributed by atoms with Crippen molar-refractivity contribution in [2.45, 2.75) is 13.5 Å². The summed E-state index contributed by atoms with van der Waals surface area (Å²) in [6.07, 6.45) is 0. The number of benzene rings is 2. The van der Waals surface area contributed by atoms with Gasteiger partial charge < -0.3 is 5.11 Å². The molecule has 3 rings (SSSR count). The maximum atomic E-state index is 11.4. The van der Waals surface area contributed by atoms with Crippen LogP contribution in [-0.4, -0.2) is 20.9 Å². The van der Waals surface area contributed by atoms with Crippen LogP contribution in [0.15, 0.2) is 36.4 Å². The summed E-state index contributed by atoms with van der Waals surface area (Å²) in [5.74, 6) is -1.04. The smallest absolute Gasteiger partial charge is 0.357 e. The van der Waals surface area contributed by atoms with Gasteiger partial charge in [0, 0.05) is 15.4 Å². The molecule has 0 atom stereocenters. The molecule has 0 fully saturated rings. The Kier molecular flexibility index (Phi) is 3.81. The van der Waals surface area contributed by atoms with E-state index in [0.29, 0.717) is 22.0 Å². The van der Waals surface area contributed by atoms with E-state index in [0.717, 1.165) is 16.6 Å². The lowest BCUT2D eigenvalue weighted by Crippen LogP contribution is -2.05. The Balaban J connectivity index is 2.15. The van der Waals surface area contributed by atoms with Crippen molar-refractivity contribution in [3.63, 3.8) is 0 Å². The molecular formula is C16H12Cl2N2O2. The Morgan fingerprint density at radius 1 is 1.27 bits per heavy atom. The first-order valence-electron chi connectivity index (χ1n) is 6.60. The summed E-state index contributed by atoms with van der Waals surface area (Å²) in [7, 11) is 0. The molecule has 0 spiro atoms. The van der Waals surface area contributed by atoms with Crippen molar-refractivity contribution >= 4 is 40.1 Å². The summed E-state index contributed by atoms with van der Waals surface area (Å²) in [5.41, 5.74) is 2.53. The lowest BCUT2D eigenvalue weighted by Gasteiger charge is -2.06. The van der Waals surface area contributed by atoms with Gasteiger partial charge in [-0.05, 0) is 36.2 Å². The van der Waals surface area contributed by atoms with Gasteiger partial charge in [0.15, 0.2) is 5.69 Å². The summed E-state index contributed by atoms with van der Waals surface area (Å²) >= 11 is 12.1. The van der Waals surface area contributed by atoms with E-state index < -0.39 is 5.97 Å². The zero-order chi connectivity index (χ0) is 15.9. The molecule has 4 nitrogen and oxygen atoms in total. The molecule has 0 aliphatic rings. The zero-order valence-electron chi connectivity index (χ0n) is 11.7. The number of carboxylic acid groups (broad SMARTS) is 1. The molecule has 6 heteroatoms. The molecule has 0 bridgehead atoms. The first kappa shape index (κ1) is 14.9. The van der Waals surface area contributed by atoms with Gasteiger partial charge in [0.1, 0.15) is 0 Å². The first-order valence-corrected chi connectivity index (χ1v) is 7.36. The van der Waals surface area contributed by atoms with Crippen LogP contribution in [0.2, 0.25) is 10.0 Å². The number of carboxylic acids is 1. The van der Waals surface area contributed by atoms with Gasteiger partial charge in [0.25, 0.3) is 0 Å². The van der Waals surface area contributed by atoms with Crippen LogP contribution in [0.5, 0.6) is 0 Å². The Labute approximate surface area is 136 Å². The van der Waals surface area contributed by atoms with E-state index in [1.54, 1.807) is 16.8 Å². The van der Waals surface area contributed by atoms with Gasteiger partial charge in [-0.1, -0.05) is 41.4 Å². The molecular weight excluding hydrogens is 323 g/mol. The Bertz CT molecular complexity index is 887. The minimum atomic E-state index is -1.04. The second-order valence-corrected chi connectivity index (χ2v) is 5.86. The fourth-order valence-electron chi connectivity index (χ4n) is 2.48. The van der Waals surface area contributed by atoms with Crippen molar-refractivity contribution in [3.8, 4) is 0 Å². The molecule has 1 aromatic heterocycles. The second kappa shape index (κ2) is 5.63. The third kappa shape index (κ3) is 2.56. The molecule has 1 heterocycles. The number of nitrogens with zero attached hydrogens (tertiary/aromatic N) is 2. The van der Waals surface area contributed by atoms with Gasteiger partial charge in [-0.25, -0.2) is 4.79 Å². The minimum Gasteiger partial charge on any atom is -0.476 e. The molecule has 0 amide bonds. The predicted molar refractivity (Wildman–Crippen MR) is 87.0 cm³/mol. The van der Waals surface area contributed by atoms with Crippen LogP contribution in [0.4, 0.5) is 0 Å². The number of fused-ring (bicyclic) bond motifs is 1. The van der Waals surface area contributed by atoms with Gasteiger partial charge in [-0.15, -0.1) is 0 Å². The summed E-state index contributed by atoms with van der Waals surface area (Å²) in [6.45, 7) is 2.25. The van der Waals surface area contributed by atoms with Gasteiger partial charge in [0.2, 0.25) is 0 Å². The van der Waals surface area contributed by atoms with Crippen LogP contribution >= 0.6 is 23.2 Å². The quantitative estimate of drug-likeness (QED) is 0.772. The topological polar surface area (TPSA) is 55.1 Å². The molecule has 2 aromatic carbocycles. The van der Waals surface area contributed by atoms with E-state index in [1.807, 2.05) is 31.2 Å². The van der Waals surface area contributed by atoms with Crippen molar-refractivity contribution in [1.82, 2.24) is 9.78 Å². The van der Waals surface area contributed by atoms with Crippen molar-refractivity contribution in [2.75, 3.05) is 0 Å². The van der Waals surface area contributed by atoms with E-state index >= 15 is 0 Å². The number of aromatic nitrogens is 2. The maximum Gasteiger partial charge on any atom is 0.357 e. The van der Waals surface area contributed by atoms with Crippen LogP contribution < -0.4 is 0 Å². The molecule has 0 unspecified atom stereocenters. The van der Waals surface area contributed by atoms with Crippen LogP contribution in [0.3, 0.4) is 0 Å². The minimum absolute atomic E-state index is 0.0539. The van der Waals surface area contributed by atoms with Crippen molar-refractivity contribution < 1.29 is 9.90 Å². The van der Waals surface area contributed by atoms with E-state index in [1.165, 1.54) is 0 Å². The average Bonchev–Trinajstić information content (AvgIpc) is 2.82. The zero-order valence-corrected chi connectivity index (χ0v) is 13.2. The van der Waals surface area contributed by atoms with Crippen molar-refractivity contribution in [2.24, 2.45) is 0 Å². The van der Waals surface area contributed by atoms with Crippen LogP contribution in [0.1, 0.15) is 21.6 Å². The van der Waals surface area contributed by atoms with Crippen LogP contribution in [0.25, 0.3) is 10.9 Å². The van der Waals surface area contributed by atoms with Gasteiger partial charge in [-0.2, -0.15) is 5.10 Å². The summed E-state index contributed by atoms with van der Waals surface area (Å²) in [6, 6.07) is 10.8. The van der Waals surface area contributed by atoms with Crippen LogP contribution in [0, 0.1) is 6.92 Å². The highest BCUT2D eigenvalue weighted by atomic mass is 35.5. The third-order valence-electron chi connectivity index (χ3n) is 3.52. The summed E-state index contributed by atoms with van der Waals surface area (Å²) < 4.78 is 1.65. The second-order valence-electron chi connectivity index (χ2n) is 5.02. The number of aryl methyl sites for hydroxylation is 1. The molecule has 0 aliphatic heterocycles. The Hall–Kier alpha value is -2.04. The molecule has 112 valence electrons. The van der Waals surface area contributed by atoms with E-state index in [-0.39, 0.29) is 5.69 Å². The molecule has 0 saturated heterocycles. The lowest BCUT2D eigenvalue weighted by molar-refractivity contribution is 0.0691. The third-order valence-corrected chi connectivity index (χ3v) is 4.11. The number of hydrogen-bond donors (Lipinski definition) is 1. The van der Waals surface area contributed by atoms with Crippen molar-refractivity contribution in [1.29, 1.82) is 0 Å². The lowest BCUT2D eigenvalue weighted by atomic mass is 10.1. The average molecular weight is 335 g/mol. The SMILES string of the molecule is Cc1cccc2c1c(C(=O)O)nn2Cc1ccc(Cl)cc1Cl. The van der Waals surface area contributed by atoms with Gasteiger partial charge in [-0.3, -0.25) is 4.68 Å². The molecule has 0 radical (unpaired) electrons. The number of carbonyl (C=O) groups is 1. The molecule has 0 aliphatic carbocycles. The highest BCUT2D eigenvalue weighted by Gasteiger charge is 2.18. The molecule has 22 heavy (non-hydrogen) atoms. The number of hydrogen-bond acceptors (Lipinski definition) is 2. The largest absolute Gasteiger partial charge is 0.476 e. The van der Waals surface area contributed by atoms with E-state index in [2.05, 4.69) is 5.10 Å². The fourth-order valence-corrected chi connectivity index (χ4v) is 2.95. The fraction of sp³-hybridized carbons (Fsp3) is 0.125. The number of rotatable bonds is 3. The normalized spacial score (nSPS) is 11.0. The van der Waals surface area contributed by atoms with Crippen molar-refractivity contribution in [3.05, 3.63) is 63.3 Å². The monoisotopic (exact) mass is 334 g/mol. The molecule has 3 aromatic rings. The summed E-state index contributed by atoms with van der Waals surface area (Å²) in [4.78, 5) is 11.4. The Morgan fingerprint density at radius 2 is 2.05 bits per heavy atom. The Morgan fingerprint density at radius 3 is 2.73 bits per heavy atom. The highest BCUT2D eigenvalue weighted by molar-refractivity contribution is 6.35. The predicted octanol–water partition coefficient (Wildman–Crippen LogP) is 4.40. The van der Waals surface area contributed by atoms with Gasteiger partial charge in [0.05, 0.1) is 12.1 Å². The molecule has 0 saturated carbocycles. The highest BCUT2D eigenvalue weighted by Crippen LogP contribution is 2.26. The first-order chi connectivity index (χ1) is 10.5. The standard InChI is InChI=1S/C16H12Cl2N2O2/c1-9-3-2-4-13-14(9)15(16(21)22)19-20(13)8-10-5-6-11(17)7-12(10)18/h2-7H,8H2,1H3,(H,21,22). The number of aromatic carboxylic acids is 1. The maximum absolute atomic E-state index is 11.4. The molecule has 1 N–H and O–H groups in total. The van der Waals surface area contributed by atoms with Gasteiger partial charge >= 0.3 is 5.97 Å². The van der Waals surface area contributed by atoms with E-state index in [9.17, 15) is 9.90 Å². The van der Waals surface area contributed by atoms with E-state index in [4.69, 9.17) is 23.2 Å². The number of halogens is 2. The van der Waals surface area contributed by atoms with Crippen LogP contribution in [-0.2, 0) is 6.54 Å². The summed E-state index contributed by atoms with van der Waals surface area (Å²) in [5, 5.41) is 15.3.